The average molecular weight is 407 g/mol. The molecule has 2 aliphatic rings. The Balaban J connectivity index is 1.94. The molecule has 2 saturated heterocycles. The third kappa shape index (κ3) is 6.83. The smallest absolute Gasteiger partial charge is 0.407 e. The zero-order chi connectivity index (χ0) is 20.9. The predicted molar refractivity (Wildman–Crippen MR) is 99.0 cm³/mol. The van der Waals surface area contributed by atoms with Gasteiger partial charge in [-0.15, -0.1) is 0 Å². The molecule has 6 nitrogen and oxygen atoms in total. The lowest BCUT2D eigenvalue weighted by Gasteiger charge is -2.38. The number of rotatable bonds is 5. The Hall–Kier alpha value is -1.51. The largest absolute Gasteiger partial charge is 0.465 e. The fraction of sp³-hybridized carbons (Fsp3) is 0.895. The van der Waals surface area contributed by atoms with E-state index in [0.29, 0.717) is 51.2 Å². The van der Waals surface area contributed by atoms with Gasteiger partial charge in [0.1, 0.15) is 0 Å². The van der Waals surface area contributed by atoms with E-state index in [4.69, 9.17) is 0 Å². The lowest BCUT2D eigenvalue weighted by molar-refractivity contribution is -0.146. The van der Waals surface area contributed by atoms with Crippen LogP contribution in [0.5, 0.6) is 0 Å². The molecule has 2 amide bonds. The number of likely N-dealkylation sites (tertiary alicyclic amines) is 2. The van der Waals surface area contributed by atoms with Crippen molar-refractivity contribution in [3.8, 4) is 0 Å². The van der Waals surface area contributed by atoms with Gasteiger partial charge in [0.2, 0.25) is 5.91 Å². The van der Waals surface area contributed by atoms with Crippen LogP contribution in [0.15, 0.2) is 0 Å². The number of halogens is 3. The van der Waals surface area contributed by atoms with E-state index in [1.807, 2.05) is 13.8 Å². The van der Waals surface area contributed by atoms with Crippen molar-refractivity contribution in [2.24, 2.45) is 11.8 Å². The van der Waals surface area contributed by atoms with Gasteiger partial charge < -0.3 is 20.2 Å². The van der Waals surface area contributed by atoms with Gasteiger partial charge in [0.15, 0.2) is 0 Å². The maximum Gasteiger partial charge on any atom is 0.407 e. The first kappa shape index (κ1) is 22.8. The molecule has 0 radical (unpaired) electrons. The first-order chi connectivity index (χ1) is 13.1. The first-order valence-electron chi connectivity index (χ1n) is 10.1. The van der Waals surface area contributed by atoms with Crippen molar-refractivity contribution in [3.05, 3.63) is 0 Å². The number of carboxylic acid groups (broad SMARTS) is 1. The Morgan fingerprint density at radius 2 is 1.79 bits per heavy atom. The normalized spacial score (nSPS) is 25.6. The molecular weight excluding hydrogens is 375 g/mol. The number of hydrogen-bond donors (Lipinski definition) is 2. The first-order valence-corrected chi connectivity index (χ1v) is 10.1. The molecule has 2 unspecified atom stereocenters. The summed E-state index contributed by atoms with van der Waals surface area (Å²) in [5, 5.41) is 12.3. The predicted octanol–water partition coefficient (Wildman–Crippen LogP) is 3.32. The van der Waals surface area contributed by atoms with Crippen molar-refractivity contribution in [1.29, 1.82) is 0 Å². The SMILES string of the molecule is CC(C)CNC(=O)C1CCN(C2CCCN(C(=O)O)C(CC(F)(F)F)C2)CC1. The molecule has 0 spiro atoms. The van der Waals surface area contributed by atoms with Crippen LogP contribution in [0.4, 0.5) is 18.0 Å². The maximum atomic E-state index is 13.0. The molecule has 0 bridgehead atoms. The molecule has 2 N–H and O–H groups in total. The van der Waals surface area contributed by atoms with Gasteiger partial charge >= 0.3 is 12.3 Å². The summed E-state index contributed by atoms with van der Waals surface area (Å²) in [4.78, 5) is 26.8. The Morgan fingerprint density at radius 1 is 1.14 bits per heavy atom. The summed E-state index contributed by atoms with van der Waals surface area (Å²) >= 11 is 0. The standard InChI is InChI=1S/C19H32F3N3O3/c1-13(2)12-23-17(26)14-5-8-24(9-6-14)15-4-3-7-25(18(27)28)16(10-15)11-19(20,21)22/h13-16H,3-12H2,1-2H3,(H,23,26)(H,27,28). The van der Waals surface area contributed by atoms with Crippen molar-refractivity contribution in [2.45, 2.75) is 70.6 Å². The minimum Gasteiger partial charge on any atom is -0.465 e. The highest BCUT2D eigenvalue weighted by Gasteiger charge is 2.40. The second-order valence-corrected chi connectivity index (χ2v) is 8.43. The summed E-state index contributed by atoms with van der Waals surface area (Å²) in [7, 11) is 0. The van der Waals surface area contributed by atoms with Crippen LogP contribution in [-0.4, -0.2) is 71.3 Å². The van der Waals surface area contributed by atoms with Crippen LogP contribution < -0.4 is 5.32 Å². The zero-order valence-electron chi connectivity index (χ0n) is 16.7. The molecule has 9 heteroatoms. The van der Waals surface area contributed by atoms with Gasteiger partial charge in [0, 0.05) is 31.1 Å². The molecule has 0 saturated carbocycles. The van der Waals surface area contributed by atoms with Gasteiger partial charge in [0.05, 0.1) is 6.42 Å². The van der Waals surface area contributed by atoms with Crippen molar-refractivity contribution in [1.82, 2.24) is 15.1 Å². The van der Waals surface area contributed by atoms with Crippen LogP contribution in [-0.2, 0) is 4.79 Å². The molecule has 2 aliphatic heterocycles. The maximum absolute atomic E-state index is 13.0. The fourth-order valence-electron chi connectivity index (χ4n) is 4.26. The van der Waals surface area contributed by atoms with Crippen LogP contribution in [0.2, 0.25) is 0 Å². The van der Waals surface area contributed by atoms with Gasteiger partial charge in [-0.1, -0.05) is 13.8 Å². The molecular formula is C19H32F3N3O3. The number of amides is 2. The highest BCUT2D eigenvalue weighted by molar-refractivity contribution is 5.78. The van der Waals surface area contributed by atoms with Crippen molar-refractivity contribution >= 4 is 12.0 Å². The molecule has 2 rings (SSSR count). The molecule has 0 aromatic carbocycles. The minimum absolute atomic E-state index is 0.0535. The van der Waals surface area contributed by atoms with E-state index in [0.717, 1.165) is 4.90 Å². The van der Waals surface area contributed by atoms with Crippen LogP contribution in [0, 0.1) is 11.8 Å². The highest BCUT2D eigenvalue weighted by atomic mass is 19.4. The van der Waals surface area contributed by atoms with E-state index in [1.165, 1.54) is 0 Å². The Morgan fingerprint density at radius 3 is 2.32 bits per heavy atom. The number of alkyl halides is 3. The zero-order valence-corrected chi connectivity index (χ0v) is 16.7. The highest BCUT2D eigenvalue weighted by Crippen LogP contribution is 2.32. The van der Waals surface area contributed by atoms with Gasteiger partial charge in [-0.25, -0.2) is 4.79 Å². The topological polar surface area (TPSA) is 72.9 Å². The molecule has 0 aromatic heterocycles. The van der Waals surface area contributed by atoms with Crippen molar-refractivity contribution in [3.63, 3.8) is 0 Å². The van der Waals surface area contributed by atoms with E-state index < -0.39 is 24.7 Å². The Bertz CT molecular complexity index is 534. The third-order valence-corrected chi connectivity index (χ3v) is 5.74. The third-order valence-electron chi connectivity index (χ3n) is 5.74. The summed E-state index contributed by atoms with van der Waals surface area (Å²) in [5.41, 5.74) is 0. The Kier molecular flexibility index (Phi) is 7.97. The van der Waals surface area contributed by atoms with Gasteiger partial charge in [-0.2, -0.15) is 13.2 Å². The summed E-state index contributed by atoms with van der Waals surface area (Å²) in [6, 6.07) is -1.12. The summed E-state index contributed by atoms with van der Waals surface area (Å²) in [6.07, 6.45) is -3.98. The van der Waals surface area contributed by atoms with E-state index in [-0.39, 0.29) is 30.8 Å². The number of carbonyl (C=O) groups excluding carboxylic acids is 1. The summed E-state index contributed by atoms with van der Waals surface area (Å²) < 4.78 is 38.9. The number of hydrogen-bond acceptors (Lipinski definition) is 3. The quantitative estimate of drug-likeness (QED) is 0.733. The van der Waals surface area contributed by atoms with E-state index in [1.54, 1.807) is 0 Å². The molecule has 0 aromatic rings. The second-order valence-electron chi connectivity index (χ2n) is 8.43. The van der Waals surface area contributed by atoms with Crippen LogP contribution >= 0.6 is 0 Å². The number of nitrogens with zero attached hydrogens (tertiary/aromatic N) is 2. The number of nitrogens with one attached hydrogen (secondary N) is 1. The van der Waals surface area contributed by atoms with Gasteiger partial charge in [0.25, 0.3) is 0 Å². The van der Waals surface area contributed by atoms with E-state index in [2.05, 4.69) is 10.2 Å². The number of carbonyl (C=O) groups is 2. The van der Waals surface area contributed by atoms with Crippen molar-refractivity contribution < 1.29 is 27.9 Å². The lowest BCUT2D eigenvalue weighted by atomic mass is 9.92. The van der Waals surface area contributed by atoms with E-state index in [9.17, 15) is 27.9 Å². The van der Waals surface area contributed by atoms with Crippen LogP contribution in [0.3, 0.4) is 0 Å². The molecule has 162 valence electrons. The summed E-state index contributed by atoms with van der Waals surface area (Å²) in [6.45, 7) is 6.18. The summed E-state index contributed by atoms with van der Waals surface area (Å²) in [5.74, 6) is 0.390. The lowest BCUT2D eigenvalue weighted by Crippen LogP contribution is -2.48. The second kappa shape index (κ2) is 9.80. The van der Waals surface area contributed by atoms with Gasteiger partial charge in [-0.3, -0.25) is 4.79 Å². The molecule has 28 heavy (non-hydrogen) atoms. The van der Waals surface area contributed by atoms with Crippen molar-refractivity contribution in [2.75, 3.05) is 26.2 Å². The van der Waals surface area contributed by atoms with Crippen LogP contribution in [0.25, 0.3) is 0 Å². The molecule has 2 atom stereocenters. The Labute approximate surface area is 164 Å². The van der Waals surface area contributed by atoms with Gasteiger partial charge in [-0.05, 0) is 51.1 Å². The van der Waals surface area contributed by atoms with E-state index >= 15 is 0 Å². The number of piperidine rings is 1. The molecule has 0 aliphatic carbocycles. The molecule has 2 fully saturated rings. The average Bonchev–Trinajstić information content (AvgIpc) is 2.80. The monoisotopic (exact) mass is 407 g/mol. The molecule has 2 heterocycles. The fourth-order valence-corrected chi connectivity index (χ4v) is 4.26. The minimum atomic E-state index is -4.39. The van der Waals surface area contributed by atoms with Crippen LogP contribution in [0.1, 0.15) is 52.4 Å².